The molecular weight excluding hydrogens is 342 g/mol. The zero-order valence-electron chi connectivity index (χ0n) is 14.0. The minimum Gasteiger partial charge on any atom is -0.376 e. The lowest BCUT2D eigenvalue weighted by molar-refractivity contribution is -0.128. The summed E-state index contributed by atoms with van der Waals surface area (Å²) in [7, 11) is -3.32. The molecule has 3 heterocycles. The Bertz CT molecular complexity index is 736. The van der Waals surface area contributed by atoms with Crippen LogP contribution in [-0.4, -0.2) is 54.2 Å². The molecule has 1 saturated carbocycles. The number of sulfonamides is 1. The number of hydrogen-bond donors (Lipinski definition) is 1. The molecule has 0 spiro atoms. The van der Waals surface area contributed by atoms with Crippen molar-refractivity contribution in [2.24, 2.45) is 5.92 Å². The highest BCUT2D eigenvalue weighted by molar-refractivity contribution is 7.90. The predicted molar refractivity (Wildman–Crippen MR) is 91.0 cm³/mol. The van der Waals surface area contributed by atoms with Crippen molar-refractivity contribution in [1.82, 2.24) is 14.6 Å². The minimum absolute atomic E-state index is 0.106. The number of carbonyl (C=O) groups is 1. The second-order valence-corrected chi connectivity index (χ2v) is 9.22. The van der Waals surface area contributed by atoms with E-state index in [2.05, 4.69) is 10.3 Å². The standard InChI is InChI=1S/C17H23N3O4S/c21-17(19-10-13-3-1-2-7-18-13)12-9-16-15(6-8-24-16)20(11-12)25(22,23)14-4-5-14/h1-3,7,12,14-16H,4-6,8-11H2,(H,19,21)/t12-,15-,16-/m1/s1. The van der Waals surface area contributed by atoms with Crippen LogP contribution < -0.4 is 5.32 Å². The van der Waals surface area contributed by atoms with Crippen LogP contribution in [0.1, 0.15) is 31.4 Å². The van der Waals surface area contributed by atoms with E-state index < -0.39 is 10.0 Å². The van der Waals surface area contributed by atoms with Crippen LogP contribution in [0.15, 0.2) is 24.4 Å². The van der Waals surface area contributed by atoms with E-state index in [1.807, 2.05) is 18.2 Å². The van der Waals surface area contributed by atoms with E-state index in [1.54, 1.807) is 10.5 Å². The molecule has 2 saturated heterocycles. The van der Waals surface area contributed by atoms with Crippen molar-refractivity contribution >= 4 is 15.9 Å². The Balaban J connectivity index is 1.45. The zero-order valence-corrected chi connectivity index (χ0v) is 14.8. The molecule has 1 amide bonds. The van der Waals surface area contributed by atoms with Crippen LogP contribution in [0.2, 0.25) is 0 Å². The van der Waals surface area contributed by atoms with Crippen LogP contribution in [-0.2, 0) is 26.1 Å². The van der Waals surface area contributed by atoms with Crippen molar-refractivity contribution in [1.29, 1.82) is 0 Å². The Morgan fingerprint density at radius 3 is 2.88 bits per heavy atom. The number of ether oxygens (including phenoxy) is 1. The van der Waals surface area contributed by atoms with Gasteiger partial charge in [0, 0.05) is 19.3 Å². The zero-order chi connectivity index (χ0) is 17.4. The van der Waals surface area contributed by atoms with Gasteiger partial charge in [0.25, 0.3) is 0 Å². The molecule has 1 aromatic heterocycles. The summed E-state index contributed by atoms with van der Waals surface area (Å²) in [6.07, 6.45) is 4.27. The van der Waals surface area contributed by atoms with E-state index in [9.17, 15) is 13.2 Å². The summed E-state index contributed by atoms with van der Waals surface area (Å²) in [6.45, 7) is 1.17. The van der Waals surface area contributed by atoms with Gasteiger partial charge in [0.2, 0.25) is 15.9 Å². The van der Waals surface area contributed by atoms with Crippen LogP contribution in [0.25, 0.3) is 0 Å². The fourth-order valence-corrected chi connectivity index (χ4v) is 5.88. The number of nitrogens with one attached hydrogen (secondary N) is 1. The SMILES string of the molecule is O=C(NCc1ccccn1)[C@@H]1C[C@H]2OCC[C@H]2N(S(=O)(=O)C2CC2)C1. The highest BCUT2D eigenvalue weighted by Gasteiger charge is 2.50. The molecule has 0 aromatic carbocycles. The Hall–Kier alpha value is -1.51. The maximum Gasteiger partial charge on any atom is 0.224 e. The third-order valence-electron chi connectivity index (χ3n) is 5.27. The summed E-state index contributed by atoms with van der Waals surface area (Å²) in [5, 5.41) is 2.63. The Labute approximate surface area is 147 Å². The molecular formula is C17H23N3O4S. The number of carbonyl (C=O) groups excluding carboxylic acids is 1. The molecule has 8 heteroatoms. The molecule has 0 bridgehead atoms. The van der Waals surface area contributed by atoms with Crippen LogP contribution in [0, 0.1) is 5.92 Å². The number of hydrogen-bond acceptors (Lipinski definition) is 5. The smallest absolute Gasteiger partial charge is 0.224 e. The number of pyridine rings is 1. The van der Waals surface area contributed by atoms with Crippen molar-refractivity contribution in [2.45, 2.75) is 49.6 Å². The van der Waals surface area contributed by atoms with Gasteiger partial charge in [0.1, 0.15) is 0 Å². The highest BCUT2D eigenvalue weighted by atomic mass is 32.2. The predicted octanol–water partition coefficient (Wildman–Crippen LogP) is 0.669. The molecule has 1 aliphatic carbocycles. The topological polar surface area (TPSA) is 88.6 Å². The molecule has 3 atom stereocenters. The number of aromatic nitrogens is 1. The first-order valence-electron chi connectivity index (χ1n) is 8.85. The fraction of sp³-hybridized carbons (Fsp3) is 0.647. The minimum atomic E-state index is -3.32. The van der Waals surface area contributed by atoms with E-state index >= 15 is 0 Å². The van der Waals surface area contributed by atoms with E-state index in [1.165, 1.54) is 0 Å². The lowest BCUT2D eigenvalue weighted by Gasteiger charge is -2.39. The quantitative estimate of drug-likeness (QED) is 0.828. The summed E-state index contributed by atoms with van der Waals surface area (Å²) >= 11 is 0. The number of fused-ring (bicyclic) bond motifs is 1. The van der Waals surface area contributed by atoms with Gasteiger partial charge >= 0.3 is 0 Å². The Morgan fingerprint density at radius 1 is 1.32 bits per heavy atom. The van der Waals surface area contributed by atoms with E-state index in [0.717, 1.165) is 25.0 Å². The molecule has 3 fully saturated rings. The molecule has 0 radical (unpaired) electrons. The molecule has 7 nitrogen and oxygen atoms in total. The van der Waals surface area contributed by atoms with Crippen molar-refractivity contribution in [3.8, 4) is 0 Å². The van der Waals surface area contributed by atoms with E-state index in [4.69, 9.17) is 4.74 Å². The molecule has 0 unspecified atom stereocenters. The summed E-state index contributed by atoms with van der Waals surface area (Å²) in [6, 6.07) is 5.44. The van der Waals surface area contributed by atoms with Crippen LogP contribution >= 0.6 is 0 Å². The first-order chi connectivity index (χ1) is 12.1. The van der Waals surface area contributed by atoms with Gasteiger partial charge in [-0.25, -0.2) is 8.42 Å². The summed E-state index contributed by atoms with van der Waals surface area (Å²) in [5.74, 6) is -0.507. The van der Waals surface area contributed by atoms with Crippen LogP contribution in [0.5, 0.6) is 0 Å². The third-order valence-corrected chi connectivity index (χ3v) is 7.66. The fourth-order valence-electron chi connectivity index (χ4n) is 3.76. The van der Waals surface area contributed by atoms with Crippen molar-refractivity contribution in [3.05, 3.63) is 30.1 Å². The van der Waals surface area contributed by atoms with E-state index in [0.29, 0.717) is 19.6 Å². The van der Waals surface area contributed by atoms with Crippen molar-refractivity contribution < 1.29 is 17.9 Å². The number of nitrogens with zero attached hydrogens (tertiary/aromatic N) is 2. The van der Waals surface area contributed by atoms with Gasteiger partial charge in [-0.3, -0.25) is 9.78 Å². The maximum atomic E-state index is 12.8. The van der Waals surface area contributed by atoms with Gasteiger partial charge in [-0.15, -0.1) is 0 Å². The molecule has 1 N–H and O–H groups in total. The maximum absolute atomic E-state index is 12.8. The average Bonchev–Trinajstić information content (AvgIpc) is 3.38. The number of amides is 1. The molecule has 1 aromatic rings. The second-order valence-electron chi connectivity index (χ2n) is 7.05. The molecule has 136 valence electrons. The average molecular weight is 365 g/mol. The Kier molecular flexibility index (Phi) is 4.51. The van der Waals surface area contributed by atoms with Crippen LogP contribution in [0.3, 0.4) is 0 Å². The van der Waals surface area contributed by atoms with Crippen molar-refractivity contribution in [2.75, 3.05) is 13.2 Å². The Morgan fingerprint density at radius 2 is 2.16 bits per heavy atom. The van der Waals surface area contributed by atoms with Gasteiger partial charge in [-0.1, -0.05) is 6.07 Å². The van der Waals surface area contributed by atoms with Gasteiger partial charge in [-0.2, -0.15) is 4.31 Å². The van der Waals surface area contributed by atoms with Gasteiger partial charge < -0.3 is 10.1 Å². The summed E-state index contributed by atoms with van der Waals surface area (Å²) < 4.78 is 32.8. The molecule has 25 heavy (non-hydrogen) atoms. The second kappa shape index (κ2) is 6.66. The lowest BCUT2D eigenvalue weighted by Crippen LogP contribution is -2.55. The summed E-state index contributed by atoms with van der Waals surface area (Å²) in [5.41, 5.74) is 0.782. The largest absolute Gasteiger partial charge is 0.376 e. The molecule has 4 rings (SSSR count). The molecule has 2 aliphatic heterocycles. The van der Waals surface area contributed by atoms with Gasteiger partial charge in [0.05, 0.1) is 35.6 Å². The lowest BCUT2D eigenvalue weighted by atomic mass is 9.91. The highest BCUT2D eigenvalue weighted by Crippen LogP contribution is 2.39. The van der Waals surface area contributed by atoms with E-state index in [-0.39, 0.29) is 35.8 Å². The van der Waals surface area contributed by atoms with Crippen LogP contribution in [0.4, 0.5) is 0 Å². The normalized spacial score (nSPS) is 30.0. The number of piperidine rings is 1. The third kappa shape index (κ3) is 3.43. The monoisotopic (exact) mass is 365 g/mol. The summed E-state index contributed by atoms with van der Waals surface area (Å²) in [4.78, 5) is 16.8. The molecule has 3 aliphatic rings. The first-order valence-corrected chi connectivity index (χ1v) is 10.4. The first kappa shape index (κ1) is 16.9. The van der Waals surface area contributed by atoms with Gasteiger partial charge in [0.15, 0.2) is 0 Å². The number of rotatable bonds is 5. The van der Waals surface area contributed by atoms with Crippen molar-refractivity contribution in [3.63, 3.8) is 0 Å². The van der Waals surface area contributed by atoms with Gasteiger partial charge in [-0.05, 0) is 37.8 Å².